The van der Waals surface area contributed by atoms with Crippen LogP contribution in [-0.2, 0) is 0 Å². The first-order valence-corrected chi connectivity index (χ1v) is 3.99. The first-order chi connectivity index (χ1) is 6.09. The molecule has 13 heavy (non-hydrogen) atoms. The fourth-order valence-electron chi connectivity index (χ4n) is 0.877. The molecule has 0 atom stereocenters. The van der Waals surface area contributed by atoms with Gasteiger partial charge in [-0.2, -0.15) is 0 Å². The highest BCUT2D eigenvalue weighted by molar-refractivity contribution is 6.61. The van der Waals surface area contributed by atoms with Crippen molar-refractivity contribution < 1.29 is 14.1 Å². The van der Waals surface area contributed by atoms with Gasteiger partial charge < -0.3 is 4.74 Å². The number of halogens is 1. The molecule has 0 radical (unpaired) electrons. The molecule has 0 fully saturated rings. The zero-order valence-corrected chi connectivity index (χ0v) is 7.91. The summed E-state index contributed by atoms with van der Waals surface area (Å²) >= 11 is 5.05. The minimum Gasteiger partial charge on any atom is -0.414 e. The highest BCUT2D eigenvalue weighted by Crippen LogP contribution is 2.18. The molecular formula is C9H9ClNO2+. The maximum absolute atomic E-state index is 10.4. The molecule has 0 saturated heterocycles. The quantitative estimate of drug-likeness (QED) is 0.415. The lowest BCUT2D eigenvalue weighted by molar-refractivity contribution is -0.394. The van der Waals surface area contributed by atoms with Crippen molar-refractivity contribution in [2.24, 2.45) is 0 Å². The molecule has 1 rings (SSSR count). The molecule has 0 amide bonds. The van der Waals surface area contributed by atoms with Gasteiger partial charge in [0.1, 0.15) is 19.5 Å². The van der Waals surface area contributed by atoms with Gasteiger partial charge >= 0.3 is 5.43 Å². The molecule has 0 aliphatic rings. The number of hydrogen-bond acceptors (Lipinski definition) is 2. The minimum absolute atomic E-state index is 0.410. The van der Waals surface area contributed by atoms with Crippen molar-refractivity contribution in [2.75, 3.05) is 7.05 Å². The van der Waals surface area contributed by atoms with Crippen molar-refractivity contribution >= 4 is 29.4 Å². The van der Waals surface area contributed by atoms with E-state index in [2.05, 4.69) is 11.5 Å². The Kier molecular flexibility index (Phi) is 3.03. The predicted octanol–water partition coefficient (Wildman–Crippen LogP) is 2.40. The van der Waals surface area contributed by atoms with E-state index in [1.807, 2.05) is 6.07 Å². The third-order valence-corrected chi connectivity index (χ3v) is 1.53. The zero-order chi connectivity index (χ0) is 9.84. The van der Waals surface area contributed by atoms with E-state index in [-0.39, 0.29) is 0 Å². The van der Waals surface area contributed by atoms with Crippen molar-refractivity contribution in [3.8, 4) is 5.75 Å². The first kappa shape index (κ1) is 9.74. The lowest BCUT2D eigenvalue weighted by Gasteiger charge is -1.99. The highest BCUT2D eigenvalue weighted by atomic mass is 35.5. The molecule has 0 bridgehead atoms. The number of ether oxygens (including phenoxy) is 1. The van der Waals surface area contributed by atoms with Crippen molar-refractivity contribution in [3.63, 3.8) is 0 Å². The maximum Gasteiger partial charge on any atom is 0.409 e. The Morgan fingerprint density at radius 1 is 1.62 bits per heavy atom. The fraction of sp³-hybridized carbons (Fsp3) is 0.111. The molecule has 3 nitrogen and oxygen atoms in total. The monoisotopic (exact) mass is 198 g/mol. The number of benzene rings is 1. The summed E-state index contributed by atoms with van der Waals surface area (Å²) in [5.41, 5.74) is -0.000665. The molecule has 1 aromatic rings. The van der Waals surface area contributed by atoms with Crippen LogP contribution in [0.3, 0.4) is 0 Å². The lowest BCUT2D eigenvalue weighted by Crippen LogP contribution is -1.97. The maximum atomic E-state index is 10.4. The van der Waals surface area contributed by atoms with Crippen LogP contribution < -0.4 is 4.74 Å². The van der Waals surface area contributed by atoms with Gasteiger partial charge in [0, 0.05) is 17.7 Å². The van der Waals surface area contributed by atoms with Gasteiger partial charge in [0.05, 0.1) is 6.07 Å². The summed E-state index contributed by atoms with van der Waals surface area (Å²) in [5, 5.41) is 0. The van der Waals surface area contributed by atoms with Crippen LogP contribution in [0.5, 0.6) is 5.75 Å². The number of hydrogen-bond donors (Lipinski definition) is 0. The number of nitrogens with zero attached hydrogens (tertiary/aromatic N) is 1. The van der Waals surface area contributed by atoms with Gasteiger partial charge in [0.2, 0.25) is 5.69 Å². The second-order valence-corrected chi connectivity index (χ2v) is 2.84. The van der Waals surface area contributed by atoms with Crippen LogP contribution in [0.1, 0.15) is 0 Å². The molecule has 0 saturated carbocycles. The van der Waals surface area contributed by atoms with E-state index in [0.29, 0.717) is 5.75 Å². The topological polar surface area (TPSA) is 29.3 Å². The van der Waals surface area contributed by atoms with Crippen LogP contribution in [0.2, 0.25) is 0 Å². The second-order valence-electron chi connectivity index (χ2n) is 2.54. The van der Waals surface area contributed by atoms with Gasteiger partial charge in [-0.1, -0.05) is 6.07 Å². The summed E-state index contributed by atoms with van der Waals surface area (Å²) in [7, 11) is 1.79. The average Bonchev–Trinajstić information content (AvgIpc) is 2.03. The smallest absolute Gasteiger partial charge is 0.409 e. The van der Waals surface area contributed by atoms with E-state index in [4.69, 9.17) is 11.6 Å². The number of rotatable bonds is 2. The summed E-state index contributed by atoms with van der Waals surface area (Å²) in [6.45, 7) is 3.69. The normalized spacial score (nSPS) is 9.38. The van der Waals surface area contributed by atoms with Crippen LogP contribution in [0.25, 0.3) is 0 Å². The Balaban J connectivity index is 2.91. The summed E-state index contributed by atoms with van der Waals surface area (Å²) < 4.78 is 6.34. The van der Waals surface area contributed by atoms with Crippen LogP contribution in [0, 0.1) is 0 Å². The molecule has 0 aliphatic carbocycles. The summed E-state index contributed by atoms with van der Waals surface area (Å²) in [4.78, 5) is 10.4. The summed E-state index contributed by atoms with van der Waals surface area (Å²) in [5.74, 6) is 0.410. The van der Waals surface area contributed by atoms with Crippen molar-refractivity contribution in [3.05, 3.63) is 24.3 Å². The molecule has 0 unspecified atom stereocenters. The molecule has 1 aromatic carbocycles. The van der Waals surface area contributed by atoms with Crippen LogP contribution in [-0.4, -0.2) is 23.8 Å². The van der Waals surface area contributed by atoms with Gasteiger partial charge in [-0.05, 0) is 6.07 Å². The van der Waals surface area contributed by atoms with E-state index >= 15 is 0 Å². The fourth-order valence-corrected chi connectivity index (χ4v) is 0.966. The highest BCUT2D eigenvalue weighted by Gasteiger charge is 2.04. The summed E-state index contributed by atoms with van der Waals surface area (Å²) in [6.07, 6.45) is 0. The molecule has 0 aliphatic heterocycles. The Hall–Kier alpha value is -1.35. The minimum atomic E-state index is -0.844. The van der Waals surface area contributed by atoms with E-state index in [1.165, 1.54) is 0 Å². The van der Waals surface area contributed by atoms with Gasteiger partial charge in [0.25, 0.3) is 0 Å². The second kappa shape index (κ2) is 4.05. The Bertz CT molecular complexity index is 349. The third-order valence-electron chi connectivity index (χ3n) is 1.46. The van der Waals surface area contributed by atoms with Gasteiger partial charge in [-0.25, -0.2) is 9.37 Å². The van der Waals surface area contributed by atoms with Gasteiger partial charge in [-0.15, -0.1) is 0 Å². The Labute approximate surface area is 81.2 Å². The molecule has 0 spiro atoms. The van der Waals surface area contributed by atoms with Crippen LogP contribution >= 0.6 is 11.6 Å². The molecule has 4 heteroatoms. The molecule has 0 aromatic heterocycles. The van der Waals surface area contributed by atoms with Crippen molar-refractivity contribution in [1.82, 2.24) is 0 Å². The Morgan fingerprint density at radius 3 is 2.85 bits per heavy atom. The van der Waals surface area contributed by atoms with Crippen LogP contribution in [0.4, 0.5) is 10.5 Å². The average molecular weight is 199 g/mol. The van der Waals surface area contributed by atoms with Crippen LogP contribution in [0.15, 0.2) is 24.3 Å². The third kappa shape index (κ3) is 2.87. The van der Waals surface area contributed by atoms with E-state index in [1.54, 1.807) is 29.8 Å². The van der Waals surface area contributed by atoms with Crippen molar-refractivity contribution in [1.29, 1.82) is 0 Å². The van der Waals surface area contributed by atoms with E-state index < -0.39 is 5.43 Å². The summed E-state index contributed by atoms with van der Waals surface area (Å²) in [6, 6.07) is 6.92. The SMILES string of the molecule is C=[N+](C)c1cccc(OC(=O)Cl)c1. The molecule has 68 valence electrons. The largest absolute Gasteiger partial charge is 0.414 e. The Morgan fingerprint density at radius 2 is 2.31 bits per heavy atom. The zero-order valence-electron chi connectivity index (χ0n) is 7.16. The standard InChI is InChI=1S/C9H9ClNO2/c1-11(2)7-4-3-5-8(6-7)13-9(10)12/h3-6H,1H2,2H3/q+1. The van der Waals surface area contributed by atoms with Crippen molar-refractivity contribution in [2.45, 2.75) is 0 Å². The lowest BCUT2D eigenvalue weighted by atomic mass is 10.3. The van der Waals surface area contributed by atoms with Gasteiger partial charge in [0.15, 0.2) is 0 Å². The van der Waals surface area contributed by atoms with Gasteiger partial charge in [-0.3, -0.25) is 0 Å². The molecule has 0 N–H and O–H groups in total. The van der Waals surface area contributed by atoms with E-state index in [0.717, 1.165) is 5.69 Å². The first-order valence-electron chi connectivity index (χ1n) is 3.61. The molecule has 0 heterocycles. The number of carbonyl (C=O) groups is 1. The predicted molar refractivity (Wildman–Crippen MR) is 51.3 cm³/mol. The van der Waals surface area contributed by atoms with E-state index in [9.17, 15) is 4.79 Å². The molecular weight excluding hydrogens is 190 g/mol. The number of carbonyl (C=O) groups excluding carboxylic acids is 1.